The number of rotatable bonds is 14. The number of aliphatic hydroxyl groups is 1. The van der Waals surface area contributed by atoms with E-state index in [9.17, 15) is 14.7 Å². The fraction of sp³-hybridized carbons (Fsp3) is 0.483. The zero-order chi connectivity index (χ0) is 25.0. The topological polar surface area (TPSA) is 79.7 Å². The highest BCUT2D eigenvalue weighted by Gasteiger charge is 2.45. The fourth-order valence-corrected chi connectivity index (χ4v) is 4.67. The van der Waals surface area contributed by atoms with Gasteiger partial charge in [0.1, 0.15) is 11.5 Å². The molecule has 1 aliphatic rings. The van der Waals surface area contributed by atoms with E-state index in [1.54, 1.807) is 54.7 Å². The summed E-state index contributed by atoms with van der Waals surface area (Å²) in [5.74, 6) is -0.749. The summed E-state index contributed by atoms with van der Waals surface area (Å²) in [6.07, 6.45) is 15.3. The van der Waals surface area contributed by atoms with Crippen LogP contribution in [0.5, 0.6) is 5.75 Å². The molecule has 2 heterocycles. The molecule has 6 heteroatoms. The molecule has 1 unspecified atom stereocenters. The number of hydrogen-bond acceptors (Lipinski definition) is 5. The van der Waals surface area contributed by atoms with Crippen LogP contribution in [0.15, 0.2) is 54.4 Å². The highest BCUT2D eigenvalue weighted by atomic mass is 16.5. The lowest BCUT2D eigenvalue weighted by Crippen LogP contribution is -2.30. The molecule has 1 aliphatic heterocycles. The molecule has 1 fully saturated rings. The molecule has 1 amide bonds. The van der Waals surface area contributed by atoms with Gasteiger partial charge < -0.3 is 14.7 Å². The number of nitrogens with zero attached hydrogens (tertiary/aromatic N) is 2. The highest BCUT2D eigenvalue weighted by Crippen LogP contribution is 2.39. The first-order chi connectivity index (χ1) is 17.1. The van der Waals surface area contributed by atoms with Crippen LogP contribution in [0.2, 0.25) is 0 Å². The average molecular weight is 479 g/mol. The molecular weight excluding hydrogens is 440 g/mol. The van der Waals surface area contributed by atoms with Gasteiger partial charge in [0, 0.05) is 24.5 Å². The van der Waals surface area contributed by atoms with Gasteiger partial charge in [0.2, 0.25) is 0 Å². The van der Waals surface area contributed by atoms with Crippen molar-refractivity contribution in [1.29, 1.82) is 0 Å². The number of ketones is 1. The Morgan fingerprint density at radius 2 is 1.57 bits per heavy atom. The quantitative estimate of drug-likeness (QED) is 0.146. The van der Waals surface area contributed by atoms with Crippen molar-refractivity contribution < 1.29 is 19.4 Å². The summed E-state index contributed by atoms with van der Waals surface area (Å²) < 4.78 is 5.19. The number of benzene rings is 1. The Labute approximate surface area is 209 Å². The van der Waals surface area contributed by atoms with Crippen LogP contribution in [0, 0.1) is 0 Å². The van der Waals surface area contributed by atoms with Crippen molar-refractivity contribution >= 4 is 17.4 Å². The van der Waals surface area contributed by atoms with Gasteiger partial charge in [-0.25, -0.2) is 0 Å². The van der Waals surface area contributed by atoms with E-state index in [0.29, 0.717) is 23.4 Å². The Hall–Kier alpha value is -3.15. The Bertz CT molecular complexity index is 986. The lowest BCUT2D eigenvalue weighted by atomic mass is 9.96. The first-order valence-corrected chi connectivity index (χ1v) is 12.9. The number of unbranched alkanes of at least 4 members (excludes halogenated alkanes) is 9. The van der Waals surface area contributed by atoms with Gasteiger partial charge >= 0.3 is 0 Å². The van der Waals surface area contributed by atoms with E-state index in [0.717, 1.165) is 19.3 Å². The van der Waals surface area contributed by atoms with Crippen molar-refractivity contribution in [1.82, 2.24) is 9.88 Å². The Morgan fingerprint density at radius 1 is 0.943 bits per heavy atom. The van der Waals surface area contributed by atoms with Crippen molar-refractivity contribution in [2.24, 2.45) is 0 Å². The lowest BCUT2D eigenvalue weighted by Gasteiger charge is -2.25. The molecule has 1 atom stereocenters. The summed E-state index contributed by atoms with van der Waals surface area (Å²) in [5.41, 5.74) is 1.30. The number of hydrogen-bond donors (Lipinski definition) is 1. The molecule has 1 saturated heterocycles. The van der Waals surface area contributed by atoms with E-state index in [-0.39, 0.29) is 11.3 Å². The second kappa shape index (κ2) is 13.7. The van der Waals surface area contributed by atoms with E-state index in [1.807, 2.05) is 6.07 Å². The number of pyridine rings is 1. The summed E-state index contributed by atoms with van der Waals surface area (Å²) in [6, 6.07) is 9.78. The molecule has 188 valence electrons. The zero-order valence-electron chi connectivity index (χ0n) is 21.0. The molecular formula is C29H38N2O4. The van der Waals surface area contributed by atoms with Gasteiger partial charge in [0.05, 0.1) is 18.7 Å². The van der Waals surface area contributed by atoms with E-state index < -0.39 is 17.7 Å². The predicted molar refractivity (Wildman–Crippen MR) is 138 cm³/mol. The number of aromatic nitrogens is 1. The summed E-state index contributed by atoms with van der Waals surface area (Å²) >= 11 is 0. The minimum absolute atomic E-state index is 0.111. The van der Waals surface area contributed by atoms with Crippen LogP contribution in [0.1, 0.15) is 88.3 Å². The van der Waals surface area contributed by atoms with E-state index >= 15 is 0 Å². The molecule has 3 rings (SSSR count). The SMILES string of the molecule is CCCCCCCCCCCCN1C(=O)C(=O)/C(=C(\O)c2ccc(OC)cc2)C1c1cccnc1. The van der Waals surface area contributed by atoms with Crippen molar-refractivity contribution in [3.63, 3.8) is 0 Å². The summed E-state index contributed by atoms with van der Waals surface area (Å²) in [7, 11) is 1.57. The molecule has 1 aromatic heterocycles. The Kier molecular flexibility index (Phi) is 10.3. The number of likely N-dealkylation sites (tertiary alicyclic amines) is 1. The van der Waals surface area contributed by atoms with Crippen LogP contribution in [0.4, 0.5) is 0 Å². The smallest absolute Gasteiger partial charge is 0.295 e. The Balaban J connectivity index is 1.69. The summed E-state index contributed by atoms with van der Waals surface area (Å²) in [6.45, 7) is 2.71. The van der Waals surface area contributed by atoms with Crippen LogP contribution >= 0.6 is 0 Å². The molecule has 1 N–H and O–H groups in total. The third-order valence-corrected chi connectivity index (χ3v) is 6.66. The van der Waals surface area contributed by atoms with Crippen LogP contribution in [-0.4, -0.2) is 40.3 Å². The molecule has 0 radical (unpaired) electrons. The second-order valence-corrected chi connectivity index (χ2v) is 9.19. The molecule has 0 saturated carbocycles. The van der Waals surface area contributed by atoms with Crippen molar-refractivity contribution in [2.75, 3.05) is 13.7 Å². The standard InChI is InChI=1S/C29H38N2O4/c1-3-4-5-6-7-8-9-10-11-12-20-31-26(23-14-13-19-30-21-23)25(28(33)29(31)34)27(32)22-15-17-24(35-2)18-16-22/h13-19,21,26,32H,3-12,20H2,1-2H3/b27-25-. The monoisotopic (exact) mass is 478 g/mol. The van der Waals surface area contributed by atoms with Crippen molar-refractivity contribution in [3.05, 3.63) is 65.5 Å². The average Bonchev–Trinajstić information content (AvgIpc) is 3.15. The van der Waals surface area contributed by atoms with Crippen molar-refractivity contribution in [3.8, 4) is 5.75 Å². The predicted octanol–water partition coefficient (Wildman–Crippen LogP) is 6.43. The normalized spacial score (nSPS) is 17.2. The molecule has 0 bridgehead atoms. The van der Waals surface area contributed by atoms with Gasteiger partial charge in [-0.1, -0.05) is 70.8 Å². The van der Waals surface area contributed by atoms with Crippen molar-refractivity contribution in [2.45, 2.75) is 77.2 Å². The number of aliphatic hydroxyl groups excluding tert-OH is 1. The van der Waals surface area contributed by atoms with E-state index in [2.05, 4.69) is 11.9 Å². The van der Waals surface area contributed by atoms with Gasteiger partial charge in [-0.2, -0.15) is 0 Å². The van der Waals surface area contributed by atoms with Gasteiger partial charge in [-0.05, 0) is 42.3 Å². The molecule has 35 heavy (non-hydrogen) atoms. The van der Waals surface area contributed by atoms with E-state index in [1.165, 1.54) is 44.9 Å². The Morgan fingerprint density at radius 3 is 2.14 bits per heavy atom. The van der Waals surface area contributed by atoms with Gasteiger partial charge in [0.25, 0.3) is 11.7 Å². The maximum Gasteiger partial charge on any atom is 0.295 e. The maximum atomic E-state index is 13.1. The van der Waals surface area contributed by atoms with Gasteiger partial charge in [-0.3, -0.25) is 14.6 Å². The second-order valence-electron chi connectivity index (χ2n) is 9.19. The minimum Gasteiger partial charge on any atom is -0.507 e. The largest absolute Gasteiger partial charge is 0.507 e. The third kappa shape index (κ3) is 6.93. The molecule has 0 spiro atoms. The van der Waals surface area contributed by atoms with Crippen LogP contribution in [-0.2, 0) is 9.59 Å². The number of amides is 1. The number of methoxy groups -OCH3 is 1. The van der Waals surface area contributed by atoms with Crippen LogP contribution in [0.25, 0.3) is 5.76 Å². The first kappa shape index (κ1) is 26.5. The number of carbonyl (C=O) groups excluding carboxylic acids is 2. The maximum absolute atomic E-state index is 13.1. The number of ether oxygens (including phenoxy) is 1. The molecule has 2 aromatic rings. The summed E-state index contributed by atoms with van der Waals surface area (Å²) in [5, 5.41) is 11.1. The van der Waals surface area contributed by atoms with Crippen LogP contribution in [0.3, 0.4) is 0 Å². The zero-order valence-corrected chi connectivity index (χ0v) is 21.0. The fourth-order valence-electron chi connectivity index (χ4n) is 4.67. The lowest BCUT2D eigenvalue weighted by molar-refractivity contribution is -0.139. The number of Topliss-reactive ketones (excluding diaryl/α,β-unsaturated/α-hetero) is 1. The third-order valence-electron chi connectivity index (χ3n) is 6.66. The highest BCUT2D eigenvalue weighted by molar-refractivity contribution is 6.46. The summed E-state index contributed by atoms with van der Waals surface area (Å²) in [4.78, 5) is 31.9. The molecule has 6 nitrogen and oxygen atoms in total. The minimum atomic E-state index is -0.653. The molecule has 0 aliphatic carbocycles. The van der Waals surface area contributed by atoms with Crippen LogP contribution < -0.4 is 4.74 Å². The molecule has 1 aromatic carbocycles. The first-order valence-electron chi connectivity index (χ1n) is 12.9. The van der Waals surface area contributed by atoms with Gasteiger partial charge in [0.15, 0.2) is 0 Å². The number of carbonyl (C=O) groups is 2. The van der Waals surface area contributed by atoms with E-state index in [4.69, 9.17) is 4.74 Å². The van der Waals surface area contributed by atoms with Gasteiger partial charge in [-0.15, -0.1) is 0 Å².